The second-order valence-electron chi connectivity index (χ2n) is 4.36. The number of carbonyl (C=O) groups is 1. The van der Waals surface area contributed by atoms with Crippen molar-refractivity contribution in [2.75, 3.05) is 6.61 Å². The van der Waals surface area contributed by atoms with Gasteiger partial charge in [0.2, 0.25) is 0 Å². The summed E-state index contributed by atoms with van der Waals surface area (Å²) in [5, 5.41) is 21.9. The van der Waals surface area contributed by atoms with E-state index >= 15 is 0 Å². The van der Waals surface area contributed by atoms with Gasteiger partial charge in [-0.1, -0.05) is 0 Å². The number of rotatable bonds is 5. The molecule has 2 rings (SSSR count). The van der Waals surface area contributed by atoms with E-state index in [0.717, 1.165) is 0 Å². The Hall–Kier alpha value is -1.52. The van der Waals surface area contributed by atoms with E-state index in [-0.39, 0.29) is 5.69 Å². The number of H-pyrrole nitrogens is 1. The SMILES string of the molecule is CCO[C@@H]1[C@H](O)[C@@H](C(N)O)O[C@H]1NC(=O)c1cnc[nH]1. The Balaban J connectivity index is 2.06. The van der Waals surface area contributed by atoms with E-state index in [1.54, 1.807) is 6.92 Å². The predicted octanol–water partition coefficient (Wildman–Crippen LogP) is -2.09. The zero-order valence-corrected chi connectivity index (χ0v) is 10.9. The molecule has 1 aliphatic rings. The van der Waals surface area contributed by atoms with Gasteiger partial charge in [0.05, 0.1) is 12.5 Å². The molecule has 0 radical (unpaired) electrons. The van der Waals surface area contributed by atoms with E-state index in [9.17, 15) is 15.0 Å². The zero-order chi connectivity index (χ0) is 14.7. The molecule has 1 amide bonds. The Kier molecular flexibility index (Phi) is 4.68. The number of nitrogens with two attached hydrogens (primary N) is 1. The molecule has 0 aromatic carbocycles. The minimum absolute atomic E-state index is 0.245. The first-order valence-corrected chi connectivity index (χ1v) is 6.22. The van der Waals surface area contributed by atoms with Crippen LogP contribution in [0.3, 0.4) is 0 Å². The van der Waals surface area contributed by atoms with E-state index in [2.05, 4.69) is 15.3 Å². The van der Waals surface area contributed by atoms with Crippen LogP contribution in [0.5, 0.6) is 0 Å². The molecule has 9 heteroatoms. The molecule has 1 fully saturated rings. The van der Waals surface area contributed by atoms with Crippen LogP contribution >= 0.6 is 0 Å². The van der Waals surface area contributed by atoms with Gasteiger partial charge in [0, 0.05) is 6.61 Å². The Morgan fingerprint density at radius 3 is 3.05 bits per heavy atom. The molecule has 6 N–H and O–H groups in total. The van der Waals surface area contributed by atoms with Crippen molar-refractivity contribution in [1.29, 1.82) is 0 Å². The third kappa shape index (κ3) is 2.97. The summed E-state index contributed by atoms with van der Waals surface area (Å²) in [5.74, 6) is -0.462. The number of imidazole rings is 1. The van der Waals surface area contributed by atoms with Crippen molar-refractivity contribution in [3.63, 3.8) is 0 Å². The Labute approximate surface area is 115 Å². The maximum atomic E-state index is 11.9. The van der Waals surface area contributed by atoms with Crippen molar-refractivity contribution < 1.29 is 24.5 Å². The summed E-state index contributed by atoms with van der Waals surface area (Å²) in [6, 6.07) is 0. The van der Waals surface area contributed by atoms with Crippen molar-refractivity contribution in [2.45, 2.75) is 37.7 Å². The van der Waals surface area contributed by atoms with Crippen molar-refractivity contribution in [1.82, 2.24) is 15.3 Å². The molecule has 5 atom stereocenters. The number of aromatic amines is 1. The van der Waals surface area contributed by atoms with Gasteiger partial charge >= 0.3 is 0 Å². The highest BCUT2D eigenvalue weighted by atomic mass is 16.6. The van der Waals surface area contributed by atoms with Crippen LogP contribution in [0.25, 0.3) is 0 Å². The van der Waals surface area contributed by atoms with E-state index in [1.165, 1.54) is 12.5 Å². The first-order chi connectivity index (χ1) is 9.54. The van der Waals surface area contributed by atoms with Gasteiger partial charge in [0.1, 0.15) is 30.2 Å². The molecule has 112 valence electrons. The summed E-state index contributed by atoms with van der Waals surface area (Å²) in [6.07, 6.45) is -2.54. The molecule has 1 saturated heterocycles. The lowest BCUT2D eigenvalue weighted by Gasteiger charge is -2.20. The number of hydrogen-bond acceptors (Lipinski definition) is 7. The summed E-state index contributed by atoms with van der Waals surface area (Å²) in [7, 11) is 0. The number of carbonyl (C=O) groups excluding carboxylic acids is 1. The summed E-state index contributed by atoms with van der Waals surface area (Å²) < 4.78 is 10.7. The summed E-state index contributed by atoms with van der Waals surface area (Å²) in [6.45, 7) is 2.06. The quantitative estimate of drug-likeness (QED) is 0.390. The average molecular weight is 286 g/mol. The minimum atomic E-state index is -1.37. The van der Waals surface area contributed by atoms with Crippen LogP contribution in [-0.2, 0) is 9.47 Å². The predicted molar refractivity (Wildman–Crippen MR) is 66.3 cm³/mol. The van der Waals surface area contributed by atoms with Crippen LogP contribution in [0.1, 0.15) is 17.4 Å². The number of nitrogens with one attached hydrogen (secondary N) is 2. The fraction of sp³-hybridized carbons (Fsp3) is 0.636. The first kappa shape index (κ1) is 14.9. The molecule has 1 aromatic rings. The second-order valence-corrected chi connectivity index (χ2v) is 4.36. The standard InChI is InChI=1S/C11H18N4O5/c1-2-19-8-6(16)7(9(12)17)20-11(8)15-10(18)5-3-13-4-14-5/h3-4,6-9,11,16-17H,2,12H2,1H3,(H,13,14)(H,15,18)/t6-,7+,8-,9?,11-/m1/s1. The van der Waals surface area contributed by atoms with Crippen LogP contribution in [0.15, 0.2) is 12.5 Å². The number of ether oxygens (including phenoxy) is 2. The third-order valence-corrected chi connectivity index (χ3v) is 2.99. The fourth-order valence-electron chi connectivity index (χ4n) is 2.06. The smallest absolute Gasteiger partial charge is 0.271 e. The molecule has 0 aliphatic carbocycles. The van der Waals surface area contributed by atoms with Crippen molar-refractivity contribution in [3.8, 4) is 0 Å². The maximum Gasteiger partial charge on any atom is 0.271 e. The molecular formula is C11H18N4O5. The minimum Gasteiger partial charge on any atom is -0.387 e. The molecule has 20 heavy (non-hydrogen) atoms. The molecule has 2 heterocycles. The van der Waals surface area contributed by atoms with E-state index in [4.69, 9.17) is 15.2 Å². The monoisotopic (exact) mass is 286 g/mol. The third-order valence-electron chi connectivity index (χ3n) is 2.99. The van der Waals surface area contributed by atoms with Crippen LogP contribution in [0.2, 0.25) is 0 Å². The van der Waals surface area contributed by atoms with E-state index < -0.39 is 36.7 Å². The van der Waals surface area contributed by atoms with Gasteiger partial charge in [-0.3, -0.25) is 4.79 Å². The molecule has 1 unspecified atom stereocenters. The largest absolute Gasteiger partial charge is 0.387 e. The lowest BCUT2D eigenvalue weighted by molar-refractivity contribution is -0.0676. The van der Waals surface area contributed by atoms with Crippen molar-refractivity contribution >= 4 is 5.91 Å². The molecular weight excluding hydrogens is 268 g/mol. The molecule has 0 spiro atoms. The number of amides is 1. The zero-order valence-electron chi connectivity index (χ0n) is 10.9. The van der Waals surface area contributed by atoms with Crippen LogP contribution < -0.4 is 11.1 Å². The number of aliphatic hydroxyl groups is 2. The first-order valence-electron chi connectivity index (χ1n) is 6.22. The maximum absolute atomic E-state index is 11.9. The molecule has 9 nitrogen and oxygen atoms in total. The van der Waals surface area contributed by atoms with Crippen LogP contribution in [-0.4, -0.2) is 63.5 Å². The topological polar surface area (TPSA) is 143 Å². The van der Waals surface area contributed by atoms with Gasteiger partial charge in [0.25, 0.3) is 5.91 Å². The van der Waals surface area contributed by atoms with Crippen LogP contribution in [0, 0.1) is 0 Å². The second kappa shape index (κ2) is 6.29. The average Bonchev–Trinajstić information content (AvgIpc) is 3.01. The van der Waals surface area contributed by atoms with Crippen molar-refractivity contribution in [3.05, 3.63) is 18.2 Å². The summed E-state index contributed by atoms with van der Waals surface area (Å²) in [5.41, 5.74) is 5.57. The lowest BCUT2D eigenvalue weighted by atomic mass is 10.1. The number of nitrogens with zero attached hydrogens (tertiary/aromatic N) is 1. The van der Waals surface area contributed by atoms with Gasteiger partial charge in [0.15, 0.2) is 6.23 Å². The molecule has 1 aliphatic heterocycles. The molecule has 0 bridgehead atoms. The number of aromatic nitrogens is 2. The molecule has 1 aromatic heterocycles. The highest BCUT2D eigenvalue weighted by Crippen LogP contribution is 2.24. The Bertz CT molecular complexity index is 438. The van der Waals surface area contributed by atoms with Crippen LogP contribution in [0.4, 0.5) is 0 Å². The van der Waals surface area contributed by atoms with Gasteiger partial charge in [-0.05, 0) is 6.92 Å². The van der Waals surface area contributed by atoms with Gasteiger partial charge in [-0.25, -0.2) is 4.98 Å². The lowest BCUT2D eigenvalue weighted by Crippen LogP contribution is -2.46. The summed E-state index contributed by atoms with van der Waals surface area (Å²) >= 11 is 0. The normalized spacial score (nSPS) is 31.2. The number of aliphatic hydroxyl groups excluding tert-OH is 2. The van der Waals surface area contributed by atoms with Crippen molar-refractivity contribution in [2.24, 2.45) is 5.73 Å². The van der Waals surface area contributed by atoms with Gasteiger partial charge in [-0.2, -0.15) is 0 Å². The van der Waals surface area contributed by atoms with Gasteiger partial charge < -0.3 is 35.7 Å². The number of hydrogen-bond donors (Lipinski definition) is 5. The summed E-state index contributed by atoms with van der Waals surface area (Å²) in [4.78, 5) is 18.3. The Morgan fingerprint density at radius 2 is 2.50 bits per heavy atom. The highest BCUT2D eigenvalue weighted by molar-refractivity contribution is 5.92. The fourth-order valence-corrected chi connectivity index (χ4v) is 2.06. The van der Waals surface area contributed by atoms with Gasteiger partial charge in [-0.15, -0.1) is 0 Å². The highest BCUT2D eigenvalue weighted by Gasteiger charge is 2.47. The van der Waals surface area contributed by atoms with E-state index in [0.29, 0.717) is 6.61 Å². The Morgan fingerprint density at radius 1 is 1.75 bits per heavy atom. The molecule has 0 saturated carbocycles. The van der Waals surface area contributed by atoms with E-state index in [1.807, 2.05) is 0 Å².